The smallest absolute Gasteiger partial charge is 0.420 e. The Morgan fingerprint density at radius 3 is 1.41 bits per heavy atom. The van der Waals surface area contributed by atoms with E-state index in [1.807, 2.05) is 0 Å². The fourth-order valence-electron chi connectivity index (χ4n) is 2.04. The summed E-state index contributed by atoms with van der Waals surface area (Å²) in [6, 6.07) is 9.11. The van der Waals surface area contributed by atoms with Gasteiger partial charge in [-0.1, -0.05) is 46.4 Å². The molecular formula is C21H21Cl6N3O10S. The van der Waals surface area contributed by atoms with Gasteiger partial charge >= 0.3 is 23.0 Å². The first kappa shape index (κ1) is 38.6. The van der Waals surface area contributed by atoms with Gasteiger partial charge in [0, 0.05) is 11.4 Å². The van der Waals surface area contributed by atoms with E-state index in [1.165, 1.54) is 24.3 Å². The number of hydrogen-bond donors (Lipinski definition) is 4. The van der Waals surface area contributed by atoms with Crippen molar-refractivity contribution in [1.29, 1.82) is 0 Å². The molecule has 228 valence electrons. The lowest BCUT2D eigenvalue weighted by Gasteiger charge is -2.08. The summed E-state index contributed by atoms with van der Waals surface area (Å²) in [5.74, 6) is 0. The molecule has 0 aromatic heterocycles. The van der Waals surface area contributed by atoms with E-state index < -0.39 is 33.0 Å². The molecule has 0 unspecified atom stereocenters. The Morgan fingerprint density at radius 2 is 1.07 bits per heavy atom. The molecule has 2 aromatic rings. The predicted octanol–water partition coefficient (Wildman–Crippen LogP) is 6.35. The van der Waals surface area contributed by atoms with Crippen molar-refractivity contribution >= 4 is 114 Å². The van der Waals surface area contributed by atoms with Gasteiger partial charge in [-0.05, 0) is 59.6 Å². The minimum atomic E-state index is -3.69. The summed E-state index contributed by atoms with van der Waals surface area (Å²) in [4.78, 5) is 42.4. The predicted molar refractivity (Wildman–Crippen MR) is 156 cm³/mol. The van der Waals surface area contributed by atoms with Gasteiger partial charge in [0.05, 0.1) is 33.0 Å². The van der Waals surface area contributed by atoms with Gasteiger partial charge in [-0.2, -0.15) is 0 Å². The summed E-state index contributed by atoms with van der Waals surface area (Å²) >= 11 is 31.7. The van der Waals surface area contributed by atoms with Gasteiger partial charge in [0.25, 0.3) is 0 Å². The van der Waals surface area contributed by atoms with Crippen LogP contribution in [0.5, 0.6) is 0 Å². The molecule has 0 aliphatic carbocycles. The van der Waals surface area contributed by atoms with Crippen molar-refractivity contribution in [3.05, 3.63) is 56.5 Å². The fourth-order valence-corrected chi connectivity index (χ4v) is 3.00. The van der Waals surface area contributed by atoms with Gasteiger partial charge in [0.1, 0.15) is 19.8 Å². The summed E-state index contributed by atoms with van der Waals surface area (Å²) in [5, 5.41) is 14.6. The number of amides is 3. The minimum absolute atomic E-state index is 0.0485. The second-order valence-corrected chi connectivity index (χ2v) is 11.0. The van der Waals surface area contributed by atoms with Gasteiger partial charge in [0.2, 0.25) is 10.0 Å². The first-order valence-electron chi connectivity index (χ1n) is 10.4. The third-order valence-corrected chi connectivity index (χ3v) is 5.49. The molecule has 0 fully saturated rings. The van der Waals surface area contributed by atoms with E-state index >= 15 is 0 Å². The molecule has 0 atom stereocenters. The topological polar surface area (TPSA) is 186 Å². The summed E-state index contributed by atoms with van der Waals surface area (Å²) < 4.78 is 35.9. The standard InChI is InChI=1S/C11H12Cl2N2O6S.C9H9Cl2NO3.CCl2O/c1-22(18,19)15-11(17)21-5-4-20-10(16)14-7-2-3-8(12)9(13)6-7;10-7-2-1-6(5-8(7)11)12-9(14)15-4-3-13;2-1(3)4/h2-3,6H,4-5H2,1H3,(H,14,16)(H,15,17);1-2,5,13H,3-4H2,(H,12,14);. The minimum Gasteiger partial charge on any atom is -0.447 e. The quantitative estimate of drug-likeness (QED) is 0.136. The van der Waals surface area contributed by atoms with Crippen LogP contribution >= 0.6 is 69.6 Å². The Morgan fingerprint density at radius 1 is 0.707 bits per heavy atom. The Hall–Kier alpha value is -2.43. The molecule has 13 nitrogen and oxygen atoms in total. The van der Waals surface area contributed by atoms with Crippen LogP contribution in [0.1, 0.15) is 0 Å². The van der Waals surface area contributed by atoms with Crippen LogP contribution in [0, 0.1) is 0 Å². The largest absolute Gasteiger partial charge is 0.447 e. The molecule has 0 saturated heterocycles. The van der Waals surface area contributed by atoms with Crippen LogP contribution in [0.3, 0.4) is 0 Å². The highest BCUT2D eigenvalue weighted by molar-refractivity contribution is 7.89. The Balaban J connectivity index is 0.000000726. The molecule has 3 amide bonds. The van der Waals surface area contributed by atoms with Crippen molar-refractivity contribution in [2.45, 2.75) is 0 Å². The van der Waals surface area contributed by atoms with E-state index in [4.69, 9.17) is 61.0 Å². The highest BCUT2D eigenvalue weighted by Crippen LogP contribution is 2.25. The molecule has 20 heteroatoms. The third kappa shape index (κ3) is 21.0. The zero-order chi connectivity index (χ0) is 31.6. The normalized spacial score (nSPS) is 9.95. The molecule has 2 aromatic carbocycles. The number of aliphatic hydroxyl groups excluding tert-OH is 1. The Labute approximate surface area is 264 Å². The van der Waals surface area contributed by atoms with Gasteiger partial charge < -0.3 is 19.3 Å². The van der Waals surface area contributed by atoms with Crippen LogP contribution in [0.4, 0.5) is 30.6 Å². The van der Waals surface area contributed by atoms with Crippen LogP contribution in [0.15, 0.2) is 36.4 Å². The number of rotatable bonds is 8. The van der Waals surface area contributed by atoms with Crippen molar-refractivity contribution in [2.75, 3.05) is 43.3 Å². The van der Waals surface area contributed by atoms with Crippen LogP contribution in [0.25, 0.3) is 0 Å². The molecule has 0 saturated carbocycles. The molecular weight excluding hydrogens is 699 g/mol. The van der Waals surface area contributed by atoms with E-state index in [0.29, 0.717) is 26.4 Å². The van der Waals surface area contributed by atoms with Crippen molar-refractivity contribution < 1.29 is 46.9 Å². The lowest BCUT2D eigenvalue weighted by atomic mass is 10.3. The number of anilines is 2. The second kappa shape index (κ2) is 20.4. The number of benzene rings is 2. The Bertz CT molecular complexity index is 1300. The summed E-state index contributed by atoms with van der Waals surface area (Å²) in [6.07, 6.45) is -1.81. The highest BCUT2D eigenvalue weighted by atomic mass is 35.5. The van der Waals surface area contributed by atoms with Gasteiger partial charge in [0.15, 0.2) is 0 Å². The Kier molecular flexibility index (Phi) is 19.2. The summed E-state index contributed by atoms with van der Waals surface area (Å²) in [5.41, 5.74) is 0.850. The van der Waals surface area contributed by atoms with Gasteiger partial charge in [-0.3, -0.25) is 15.4 Å². The molecule has 0 bridgehead atoms. The lowest BCUT2D eigenvalue weighted by molar-refractivity contribution is 0.105. The van der Waals surface area contributed by atoms with Crippen LogP contribution in [-0.4, -0.2) is 69.2 Å². The van der Waals surface area contributed by atoms with Crippen LogP contribution < -0.4 is 15.4 Å². The zero-order valence-electron chi connectivity index (χ0n) is 20.6. The number of halogens is 6. The number of hydrogen-bond acceptors (Lipinski definition) is 10. The average molecular weight is 720 g/mol. The maximum Gasteiger partial charge on any atom is 0.420 e. The molecule has 41 heavy (non-hydrogen) atoms. The molecule has 0 radical (unpaired) electrons. The summed E-state index contributed by atoms with van der Waals surface area (Å²) in [6.45, 7) is -0.831. The van der Waals surface area contributed by atoms with Crippen molar-refractivity contribution in [3.63, 3.8) is 0 Å². The van der Waals surface area contributed by atoms with Crippen molar-refractivity contribution in [2.24, 2.45) is 0 Å². The van der Waals surface area contributed by atoms with E-state index in [1.54, 1.807) is 16.9 Å². The van der Waals surface area contributed by atoms with E-state index in [-0.39, 0.29) is 31.5 Å². The molecule has 2 rings (SSSR count). The maximum atomic E-state index is 11.4. The van der Waals surface area contributed by atoms with Gasteiger partial charge in [-0.25, -0.2) is 27.5 Å². The van der Waals surface area contributed by atoms with Gasteiger partial charge in [-0.15, -0.1) is 0 Å². The average Bonchev–Trinajstić information content (AvgIpc) is 2.84. The summed E-state index contributed by atoms with van der Waals surface area (Å²) in [7, 11) is -3.69. The SMILES string of the molecule is CS(=O)(=O)NC(=O)OCCOC(=O)Nc1ccc(Cl)c(Cl)c1.O=C(Cl)Cl.O=C(Nc1ccc(Cl)c(Cl)c1)OCCO. The van der Waals surface area contributed by atoms with Crippen LogP contribution in [-0.2, 0) is 24.2 Å². The van der Waals surface area contributed by atoms with Crippen molar-refractivity contribution in [1.82, 2.24) is 4.72 Å². The molecule has 0 aliphatic rings. The second-order valence-electron chi connectivity index (χ2n) is 6.74. The number of sulfonamides is 1. The molecule has 0 spiro atoms. The number of aliphatic hydroxyl groups is 1. The van der Waals surface area contributed by atoms with Crippen molar-refractivity contribution in [3.8, 4) is 0 Å². The zero-order valence-corrected chi connectivity index (χ0v) is 25.9. The van der Waals surface area contributed by atoms with E-state index in [9.17, 15) is 22.8 Å². The lowest BCUT2D eigenvalue weighted by Crippen LogP contribution is -2.31. The van der Waals surface area contributed by atoms with Crippen LogP contribution in [0.2, 0.25) is 20.1 Å². The van der Waals surface area contributed by atoms with E-state index in [0.717, 1.165) is 6.26 Å². The third-order valence-electron chi connectivity index (χ3n) is 3.47. The monoisotopic (exact) mass is 717 g/mol. The number of carbonyl (C=O) groups is 4. The first-order valence-corrected chi connectivity index (χ1v) is 14.6. The number of ether oxygens (including phenoxy) is 3. The molecule has 0 aliphatic heterocycles. The molecule has 4 N–H and O–H groups in total. The first-order chi connectivity index (χ1) is 19.0. The fraction of sp³-hybridized carbons (Fsp3) is 0.238. The van der Waals surface area contributed by atoms with E-state index in [2.05, 4.69) is 43.3 Å². The highest BCUT2D eigenvalue weighted by Gasteiger charge is 2.10. The maximum absolute atomic E-state index is 11.4. The molecule has 0 heterocycles. The number of carbonyl (C=O) groups excluding carboxylic acids is 4. The number of nitrogens with one attached hydrogen (secondary N) is 3.